The average molecular weight is 389 g/mol. The third-order valence-electron chi connectivity index (χ3n) is 4.67. The zero-order valence-corrected chi connectivity index (χ0v) is 15.4. The Hall–Kier alpha value is -2.44. The number of amides is 1. The third kappa shape index (κ3) is 5.05. The summed E-state index contributed by atoms with van der Waals surface area (Å²) in [5, 5.41) is 22.5. The van der Waals surface area contributed by atoms with Gasteiger partial charge in [-0.15, -0.1) is 0 Å². The molecule has 0 aliphatic heterocycles. The number of halogens is 1. The minimum absolute atomic E-state index is 0.0551. The van der Waals surface area contributed by atoms with E-state index < -0.39 is 6.10 Å². The summed E-state index contributed by atoms with van der Waals surface area (Å²) in [7, 11) is 0. The summed E-state index contributed by atoms with van der Waals surface area (Å²) in [5.74, 6) is -0.461. The quantitative estimate of drug-likeness (QED) is 0.705. The topological polar surface area (TPSA) is 99.5 Å². The lowest BCUT2D eigenvalue weighted by Gasteiger charge is -2.16. The molecule has 7 heteroatoms. The standard InChI is InChI=1S/C20H21ClN2O4/c21-15-5-4-12(11-19(15)26)8-14(24)9-13-6-7-22-17(10-13)20(27)23-16-2-1-3-18(16)25/h4-7,10-11,16,18,25-26H,1-3,8-9H2,(H,23,27)/t16-,18-/m0/s1. The van der Waals surface area contributed by atoms with Gasteiger partial charge in [-0.05, 0) is 54.7 Å². The normalized spacial score (nSPS) is 19.0. The van der Waals surface area contributed by atoms with E-state index in [0.717, 1.165) is 12.8 Å². The first kappa shape index (κ1) is 19.3. The highest BCUT2D eigenvalue weighted by Crippen LogP contribution is 2.24. The average Bonchev–Trinajstić information content (AvgIpc) is 3.03. The molecule has 1 aliphatic carbocycles. The van der Waals surface area contributed by atoms with Crippen molar-refractivity contribution in [2.75, 3.05) is 0 Å². The molecule has 1 aromatic heterocycles. The molecular weight excluding hydrogens is 368 g/mol. The van der Waals surface area contributed by atoms with Crippen LogP contribution in [0.5, 0.6) is 5.75 Å². The summed E-state index contributed by atoms with van der Waals surface area (Å²) in [4.78, 5) is 28.7. The number of phenolic OH excluding ortho intramolecular Hbond substituents is 1. The molecule has 1 heterocycles. The number of carbonyl (C=O) groups is 2. The van der Waals surface area contributed by atoms with Crippen LogP contribution in [0.2, 0.25) is 5.02 Å². The minimum atomic E-state index is -0.519. The van der Waals surface area contributed by atoms with E-state index in [2.05, 4.69) is 10.3 Å². The number of aliphatic hydroxyl groups excluding tert-OH is 1. The molecule has 3 N–H and O–H groups in total. The number of pyridine rings is 1. The predicted molar refractivity (Wildman–Crippen MR) is 101 cm³/mol. The van der Waals surface area contributed by atoms with Gasteiger partial charge >= 0.3 is 0 Å². The molecule has 2 atom stereocenters. The molecule has 3 rings (SSSR count). The van der Waals surface area contributed by atoms with Crippen molar-refractivity contribution in [1.29, 1.82) is 0 Å². The first-order valence-corrected chi connectivity index (χ1v) is 9.23. The number of aromatic hydroxyl groups is 1. The Kier molecular flexibility index (Phi) is 6.08. The molecule has 0 unspecified atom stereocenters. The van der Waals surface area contributed by atoms with Gasteiger partial charge in [-0.1, -0.05) is 17.7 Å². The van der Waals surface area contributed by atoms with Crippen LogP contribution in [0.1, 0.15) is 40.9 Å². The molecule has 0 bridgehead atoms. The van der Waals surface area contributed by atoms with E-state index in [1.54, 1.807) is 24.3 Å². The molecule has 0 radical (unpaired) electrons. The van der Waals surface area contributed by atoms with E-state index >= 15 is 0 Å². The van der Waals surface area contributed by atoms with Gasteiger partial charge in [0.25, 0.3) is 5.91 Å². The number of Topliss-reactive ketones (excluding diaryl/α,β-unsaturated/α-hetero) is 1. The summed E-state index contributed by atoms with van der Waals surface area (Å²) in [6, 6.07) is 7.75. The number of nitrogens with one attached hydrogen (secondary N) is 1. The molecular formula is C20H21ClN2O4. The number of hydrogen-bond donors (Lipinski definition) is 3. The number of rotatable bonds is 6. The van der Waals surface area contributed by atoms with E-state index in [0.29, 0.717) is 17.5 Å². The molecule has 27 heavy (non-hydrogen) atoms. The van der Waals surface area contributed by atoms with Crippen molar-refractivity contribution in [2.24, 2.45) is 0 Å². The Balaban J connectivity index is 1.61. The van der Waals surface area contributed by atoms with Crippen LogP contribution in [0.3, 0.4) is 0 Å². The van der Waals surface area contributed by atoms with Crippen molar-refractivity contribution in [2.45, 2.75) is 44.2 Å². The van der Waals surface area contributed by atoms with E-state index in [4.69, 9.17) is 11.6 Å². The van der Waals surface area contributed by atoms with Crippen molar-refractivity contribution >= 4 is 23.3 Å². The number of hydrogen-bond acceptors (Lipinski definition) is 5. The highest BCUT2D eigenvalue weighted by molar-refractivity contribution is 6.32. The van der Waals surface area contributed by atoms with Crippen LogP contribution in [-0.2, 0) is 17.6 Å². The van der Waals surface area contributed by atoms with Gasteiger partial charge in [-0.25, -0.2) is 0 Å². The molecule has 1 aliphatic rings. The third-order valence-corrected chi connectivity index (χ3v) is 4.99. The molecule has 0 spiro atoms. The zero-order chi connectivity index (χ0) is 19.4. The van der Waals surface area contributed by atoms with Gasteiger partial charge in [0.05, 0.1) is 17.2 Å². The first-order valence-electron chi connectivity index (χ1n) is 8.85. The maximum Gasteiger partial charge on any atom is 0.270 e. The fourth-order valence-electron chi connectivity index (χ4n) is 3.25. The van der Waals surface area contributed by atoms with E-state index in [1.165, 1.54) is 12.3 Å². The van der Waals surface area contributed by atoms with Crippen molar-refractivity contribution in [3.8, 4) is 5.75 Å². The number of nitrogens with zero attached hydrogens (tertiary/aromatic N) is 1. The largest absolute Gasteiger partial charge is 0.506 e. The Labute approximate surface area is 162 Å². The number of phenols is 1. The van der Waals surface area contributed by atoms with E-state index in [-0.39, 0.29) is 47.0 Å². The Morgan fingerprint density at radius 1 is 1.15 bits per heavy atom. The van der Waals surface area contributed by atoms with Gasteiger partial charge in [-0.2, -0.15) is 0 Å². The number of aromatic nitrogens is 1. The van der Waals surface area contributed by atoms with Gasteiger partial charge in [-0.3, -0.25) is 14.6 Å². The zero-order valence-electron chi connectivity index (χ0n) is 14.7. The summed E-state index contributed by atoms with van der Waals surface area (Å²) in [6.07, 6.45) is 3.60. The fraction of sp³-hybridized carbons (Fsp3) is 0.350. The summed E-state index contributed by atoms with van der Waals surface area (Å²) in [6.45, 7) is 0. The molecule has 142 valence electrons. The molecule has 6 nitrogen and oxygen atoms in total. The highest BCUT2D eigenvalue weighted by atomic mass is 35.5. The summed E-state index contributed by atoms with van der Waals surface area (Å²) < 4.78 is 0. The smallest absolute Gasteiger partial charge is 0.270 e. The second-order valence-corrected chi connectivity index (χ2v) is 7.21. The number of aliphatic hydroxyl groups is 1. The van der Waals surface area contributed by atoms with Gasteiger partial charge in [0.15, 0.2) is 0 Å². The maximum atomic E-state index is 12.3. The monoisotopic (exact) mass is 388 g/mol. The van der Waals surface area contributed by atoms with Gasteiger partial charge in [0.1, 0.15) is 17.2 Å². The van der Waals surface area contributed by atoms with Crippen LogP contribution in [0.25, 0.3) is 0 Å². The molecule has 1 fully saturated rings. The van der Waals surface area contributed by atoms with Crippen LogP contribution in [0, 0.1) is 0 Å². The molecule has 1 saturated carbocycles. The van der Waals surface area contributed by atoms with Crippen molar-refractivity contribution in [1.82, 2.24) is 10.3 Å². The predicted octanol–water partition coefficient (Wildman–Crippen LogP) is 2.44. The van der Waals surface area contributed by atoms with Gasteiger partial charge in [0, 0.05) is 19.0 Å². The number of carbonyl (C=O) groups excluding carboxylic acids is 2. The van der Waals surface area contributed by atoms with Crippen molar-refractivity contribution in [3.05, 3.63) is 58.4 Å². The maximum absolute atomic E-state index is 12.3. The van der Waals surface area contributed by atoms with Crippen LogP contribution in [0.15, 0.2) is 36.5 Å². The Morgan fingerprint density at radius 2 is 1.89 bits per heavy atom. The molecule has 0 saturated heterocycles. The fourth-order valence-corrected chi connectivity index (χ4v) is 3.36. The molecule has 2 aromatic rings. The second kappa shape index (κ2) is 8.50. The van der Waals surface area contributed by atoms with E-state index in [1.807, 2.05) is 0 Å². The first-order chi connectivity index (χ1) is 12.9. The number of ketones is 1. The lowest BCUT2D eigenvalue weighted by Crippen LogP contribution is -2.40. The SMILES string of the molecule is O=C(Cc1ccnc(C(=O)N[C@H]2CCC[C@@H]2O)c1)Cc1ccc(Cl)c(O)c1. The van der Waals surface area contributed by atoms with Gasteiger partial charge in [0.2, 0.25) is 0 Å². The lowest BCUT2D eigenvalue weighted by atomic mass is 10.0. The van der Waals surface area contributed by atoms with Crippen LogP contribution in [-0.4, -0.2) is 39.0 Å². The second-order valence-electron chi connectivity index (χ2n) is 6.81. The van der Waals surface area contributed by atoms with Crippen LogP contribution < -0.4 is 5.32 Å². The highest BCUT2D eigenvalue weighted by Gasteiger charge is 2.27. The van der Waals surface area contributed by atoms with Crippen molar-refractivity contribution < 1.29 is 19.8 Å². The summed E-state index contributed by atoms with van der Waals surface area (Å²) >= 11 is 5.77. The molecule has 1 amide bonds. The lowest BCUT2D eigenvalue weighted by molar-refractivity contribution is -0.117. The van der Waals surface area contributed by atoms with Crippen LogP contribution in [0.4, 0.5) is 0 Å². The molecule has 1 aromatic carbocycles. The van der Waals surface area contributed by atoms with Gasteiger partial charge < -0.3 is 15.5 Å². The van der Waals surface area contributed by atoms with E-state index in [9.17, 15) is 19.8 Å². The minimum Gasteiger partial charge on any atom is -0.506 e. The Morgan fingerprint density at radius 3 is 2.56 bits per heavy atom. The van der Waals surface area contributed by atoms with Crippen LogP contribution >= 0.6 is 11.6 Å². The van der Waals surface area contributed by atoms with Crippen molar-refractivity contribution in [3.63, 3.8) is 0 Å². The number of benzene rings is 1. The Bertz CT molecular complexity index is 856. The summed E-state index contributed by atoms with van der Waals surface area (Å²) in [5.41, 5.74) is 1.58.